The lowest BCUT2D eigenvalue weighted by atomic mass is 10.0. The molecule has 1 aromatic rings. The van der Waals surface area contributed by atoms with Crippen LogP contribution in [0, 0.1) is 0 Å². The summed E-state index contributed by atoms with van der Waals surface area (Å²) in [6.45, 7) is 6.93. The second-order valence-electron chi connectivity index (χ2n) is 5.82. The van der Waals surface area contributed by atoms with Crippen molar-refractivity contribution in [3.05, 3.63) is 30.3 Å². The Labute approximate surface area is 125 Å². The summed E-state index contributed by atoms with van der Waals surface area (Å²) >= 11 is 0. The Morgan fingerprint density at radius 1 is 1.24 bits per heavy atom. The number of carbonyl (C=O) groups is 2. The van der Waals surface area contributed by atoms with Crippen molar-refractivity contribution < 1.29 is 19.4 Å². The average Bonchev–Trinajstić information content (AvgIpc) is 2.41. The van der Waals surface area contributed by atoms with E-state index >= 15 is 0 Å². The first kappa shape index (κ1) is 17.0. The quantitative estimate of drug-likeness (QED) is 0.875. The minimum atomic E-state index is -1.03. The van der Waals surface area contributed by atoms with Crippen LogP contribution in [0.5, 0.6) is 5.75 Å². The van der Waals surface area contributed by atoms with Crippen molar-refractivity contribution >= 4 is 11.9 Å². The van der Waals surface area contributed by atoms with Crippen molar-refractivity contribution in [1.29, 1.82) is 0 Å². The molecule has 116 valence electrons. The smallest absolute Gasteiger partial charge is 0.323 e. The summed E-state index contributed by atoms with van der Waals surface area (Å²) in [6.07, 6.45) is -0.217. The molecule has 1 atom stereocenters. The zero-order valence-corrected chi connectivity index (χ0v) is 13.0. The van der Waals surface area contributed by atoms with Crippen molar-refractivity contribution in [1.82, 2.24) is 4.90 Å². The Hall–Kier alpha value is -2.04. The SMILES string of the molecule is CCC(Oc1ccccc1)C(=O)N(CC(=O)O)C(C)(C)C. The van der Waals surface area contributed by atoms with Gasteiger partial charge < -0.3 is 14.7 Å². The number of para-hydroxylation sites is 1. The lowest BCUT2D eigenvalue weighted by molar-refractivity contribution is -0.152. The first-order valence-corrected chi connectivity index (χ1v) is 7.00. The van der Waals surface area contributed by atoms with Crippen LogP contribution in [0.3, 0.4) is 0 Å². The largest absolute Gasteiger partial charge is 0.481 e. The van der Waals surface area contributed by atoms with E-state index in [9.17, 15) is 9.59 Å². The molecule has 0 saturated carbocycles. The van der Waals surface area contributed by atoms with Gasteiger partial charge in [0.2, 0.25) is 0 Å². The van der Waals surface area contributed by atoms with E-state index in [1.807, 2.05) is 45.9 Å². The molecule has 5 nitrogen and oxygen atoms in total. The molecule has 5 heteroatoms. The van der Waals surface area contributed by atoms with Crippen LogP contribution in [0.4, 0.5) is 0 Å². The standard InChI is InChI=1S/C16H23NO4/c1-5-13(21-12-9-7-6-8-10-12)15(20)17(11-14(18)19)16(2,3)4/h6-10,13H,5,11H2,1-4H3,(H,18,19). The number of aliphatic carboxylic acids is 1. The lowest BCUT2D eigenvalue weighted by Crippen LogP contribution is -2.53. The van der Waals surface area contributed by atoms with E-state index in [-0.39, 0.29) is 12.5 Å². The lowest BCUT2D eigenvalue weighted by Gasteiger charge is -2.36. The second-order valence-corrected chi connectivity index (χ2v) is 5.82. The zero-order chi connectivity index (χ0) is 16.0. The summed E-state index contributed by atoms with van der Waals surface area (Å²) in [5.41, 5.74) is -0.580. The topological polar surface area (TPSA) is 66.8 Å². The van der Waals surface area contributed by atoms with Gasteiger partial charge in [-0.05, 0) is 39.3 Å². The molecule has 1 amide bonds. The molecule has 1 rings (SSSR count). The highest BCUT2D eigenvalue weighted by Gasteiger charge is 2.33. The molecular weight excluding hydrogens is 270 g/mol. The summed E-state index contributed by atoms with van der Waals surface area (Å²) in [4.78, 5) is 24.9. The highest BCUT2D eigenvalue weighted by Crippen LogP contribution is 2.19. The highest BCUT2D eigenvalue weighted by molar-refractivity contribution is 5.85. The van der Waals surface area contributed by atoms with Crippen molar-refractivity contribution in [3.8, 4) is 5.75 Å². The monoisotopic (exact) mass is 293 g/mol. The van der Waals surface area contributed by atoms with Gasteiger partial charge in [0.1, 0.15) is 12.3 Å². The predicted octanol–water partition coefficient (Wildman–Crippen LogP) is 2.56. The Morgan fingerprint density at radius 2 is 1.81 bits per heavy atom. The summed E-state index contributed by atoms with van der Waals surface area (Å²) < 4.78 is 5.70. The van der Waals surface area contributed by atoms with E-state index in [4.69, 9.17) is 9.84 Å². The fourth-order valence-electron chi connectivity index (χ4n) is 1.93. The molecular formula is C16H23NO4. The highest BCUT2D eigenvalue weighted by atomic mass is 16.5. The third-order valence-corrected chi connectivity index (χ3v) is 3.04. The van der Waals surface area contributed by atoms with Crippen LogP contribution >= 0.6 is 0 Å². The van der Waals surface area contributed by atoms with E-state index < -0.39 is 17.6 Å². The van der Waals surface area contributed by atoms with Crippen LogP contribution in [-0.2, 0) is 9.59 Å². The number of rotatable bonds is 6. The maximum atomic E-state index is 12.6. The summed E-state index contributed by atoms with van der Waals surface area (Å²) in [5, 5.41) is 9.01. The third kappa shape index (κ3) is 5.10. The molecule has 0 aliphatic heterocycles. The Balaban J connectivity index is 2.91. The number of nitrogens with zero attached hydrogens (tertiary/aromatic N) is 1. The van der Waals surface area contributed by atoms with E-state index in [1.54, 1.807) is 12.1 Å². The molecule has 0 spiro atoms. The average molecular weight is 293 g/mol. The normalized spacial score (nSPS) is 12.6. The molecule has 0 heterocycles. The van der Waals surface area contributed by atoms with Crippen LogP contribution in [0.2, 0.25) is 0 Å². The Morgan fingerprint density at radius 3 is 2.24 bits per heavy atom. The van der Waals surface area contributed by atoms with E-state index in [1.165, 1.54) is 4.90 Å². The van der Waals surface area contributed by atoms with Crippen LogP contribution < -0.4 is 4.74 Å². The molecule has 0 bridgehead atoms. The van der Waals surface area contributed by atoms with Crippen molar-refractivity contribution in [2.75, 3.05) is 6.54 Å². The van der Waals surface area contributed by atoms with Crippen molar-refractivity contribution in [2.45, 2.75) is 45.8 Å². The predicted molar refractivity (Wildman–Crippen MR) is 80.3 cm³/mol. The van der Waals surface area contributed by atoms with Gasteiger partial charge in [-0.3, -0.25) is 9.59 Å². The van der Waals surface area contributed by atoms with Gasteiger partial charge in [0, 0.05) is 5.54 Å². The third-order valence-electron chi connectivity index (χ3n) is 3.04. The number of ether oxygens (including phenoxy) is 1. The van der Waals surface area contributed by atoms with Gasteiger partial charge in [0.15, 0.2) is 6.10 Å². The summed E-state index contributed by atoms with van der Waals surface area (Å²) in [5.74, 6) is -0.744. The first-order valence-electron chi connectivity index (χ1n) is 7.00. The summed E-state index contributed by atoms with van der Waals surface area (Å²) in [7, 11) is 0. The number of carbonyl (C=O) groups excluding carboxylic acids is 1. The van der Waals surface area contributed by atoms with Gasteiger partial charge in [-0.1, -0.05) is 25.1 Å². The van der Waals surface area contributed by atoms with Gasteiger partial charge in [-0.2, -0.15) is 0 Å². The number of carboxylic acids is 1. The molecule has 0 aromatic heterocycles. The van der Waals surface area contributed by atoms with E-state index in [2.05, 4.69) is 0 Å². The Kier molecular flexibility index (Phi) is 5.76. The maximum absolute atomic E-state index is 12.6. The number of carboxylic acid groups (broad SMARTS) is 1. The van der Waals surface area contributed by atoms with Crippen LogP contribution in [0.1, 0.15) is 34.1 Å². The van der Waals surface area contributed by atoms with E-state index in [0.717, 1.165) is 0 Å². The molecule has 0 aliphatic rings. The minimum absolute atomic E-state index is 0.309. The molecule has 1 unspecified atom stereocenters. The van der Waals surface area contributed by atoms with Gasteiger partial charge >= 0.3 is 5.97 Å². The first-order chi connectivity index (χ1) is 9.75. The fourth-order valence-corrected chi connectivity index (χ4v) is 1.93. The molecule has 0 saturated heterocycles. The maximum Gasteiger partial charge on any atom is 0.323 e. The van der Waals surface area contributed by atoms with Crippen molar-refractivity contribution in [3.63, 3.8) is 0 Å². The van der Waals surface area contributed by atoms with Gasteiger partial charge in [-0.15, -0.1) is 0 Å². The second kappa shape index (κ2) is 7.11. The van der Waals surface area contributed by atoms with Crippen molar-refractivity contribution in [2.24, 2.45) is 0 Å². The molecule has 0 fully saturated rings. The van der Waals surface area contributed by atoms with Crippen LogP contribution in [-0.4, -0.2) is 40.1 Å². The number of hydrogen-bond donors (Lipinski definition) is 1. The van der Waals surface area contributed by atoms with E-state index in [0.29, 0.717) is 12.2 Å². The fraction of sp³-hybridized carbons (Fsp3) is 0.500. The minimum Gasteiger partial charge on any atom is -0.481 e. The Bertz CT molecular complexity index is 479. The van der Waals surface area contributed by atoms with Crippen LogP contribution in [0.25, 0.3) is 0 Å². The molecule has 21 heavy (non-hydrogen) atoms. The number of amides is 1. The van der Waals surface area contributed by atoms with Gasteiger partial charge in [0.05, 0.1) is 0 Å². The summed E-state index contributed by atoms with van der Waals surface area (Å²) in [6, 6.07) is 9.06. The number of hydrogen-bond acceptors (Lipinski definition) is 3. The molecule has 0 aliphatic carbocycles. The molecule has 0 radical (unpaired) electrons. The van der Waals surface area contributed by atoms with Gasteiger partial charge in [0.25, 0.3) is 5.91 Å². The zero-order valence-electron chi connectivity index (χ0n) is 13.0. The van der Waals surface area contributed by atoms with Gasteiger partial charge in [-0.25, -0.2) is 0 Å². The van der Waals surface area contributed by atoms with Crippen LogP contribution in [0.15, 0.2) is 30.3 Å². The molecule has 1 N–H and O–H groups in total. The molecule has 1 aromatic carbocycles. The number of benzene rings is 1.